The van der Waals surface area contributed by atoms with E-state index < -0.39 is 53.9 Å². The van der Waals surface area contributed by atoms with Gasteiger partial charge in [-0.15, -0.1) is 5.10 Å². The molecule has 5 rings (SSSR count). The van der Waals surface area contributed by atoms with E-state index >= 15 is 0 Å². The Kier molecular flexibility index (Phi) is 8.13. The summed E-state index contributed by atoms with van der Waals surface area (Å²) in [5, 5.41) is 25.2. The van der Waals surface area contributed by atoms with E-state index in [4.69, 9.17) is 0 Å². The highest BCUT2D eigenvalue weighted by Crippen LogP contribution is 2.38. The minimum atomic E-state index is -5.13. The Morgan fingerprint density at radius 2 is 1.48 bits per heavy atom. The zero-order valence-corrected chi connectivity index (χ0v) is 23.7. The van der Waals surface area contributed by atoms with E-state index in [1.54, 1.807) is 6.92 Å². The molecule has 0 amide bonds. The average molecular weight is 654 g/mol. The average Bonchev–Trinajstić information content (AvgIpc) is 3.60. The fraction of sp³-hybridized carbons (Fsp3) is 0.286. The molecule has 0 aliphatic heterocycles. The summed E-state index contributed by atoms with van der Waals surface area (Å²) >= 11 is 0. The number of tetrazole rings is 1. The first-order valence-corrected chi connectivity index (χ1v) is 13.2. The topological polar surface area (TPSA) is 101 Å². The number of nitriles is 1. The van der Waals surface area contributed by atoms with E-state index in [0.29, 0.717) is 24.1 Å². The van der Waals surface area contributed by atoms with Crippen LogP contribution in [-0.2, 0) is 45.1 Å². The summed E-state index contributed by atoms with van der Waals surface area (Å²) < 4.78 is 125. The molecule has 0 saturated heterocycles. The number of hydrogen-bond acceptors (Lipinski definition) is 7. The number of alkyl halides is 9. The first-order chi connectivity index (χ1) is 21.5. The van der Waals surface area contributed by atoms with E-state index in [2.05, 4.69) is 25.5 Å². The predicted octanol–water partition coefficient (Wildman–Crippen LogP) is 6.62. The smallest absolute Gasteiger partial charge is 0.330 e. The molecule has 0 atom stereocenters. The van der Waals surface area contributed by atoms with Gasteiger partial charge in [-0.3, -0.25) is 0 Å². The molecule has 9 nitrogen and oxygen atoms in total. The van der Waals surface area contributed by atoms with Crippen LogP contribution in [-0.4, -0.2) is 34.8 Å². The lowest BCUT2D eigenvalue weighted by atomic mass is 9.96. The van der Waals surface area contributed by atoms with E-state index in [1.807, 2.05) is 6.07 Å². The van der Waals surface area contributed by atoms with Gasteiger partial charge in [0.25, 0.3) is 5.95 Å². The molecule has 18 heteroatoms. The number of aryl methyl sites for hydroxylation is 2. The fourth-order valence-corrected chi connectivity index (χ4v) is 4.86. The standard InChI is InChI=1S/C28H20F9N9/c1-3-16-11-39-24-18(10-38)12-40-46(24)23(16)22-5-4-19(26(29,30)31)8-17(22)14-45(25-41-43-44(2)42-25)13-15-6-20(27(32,33)34)9-21(7-15)28(35,36)37/h4-9,11-12H,3,13-14H2,1-2H3. The van der Waals surface area contributed by atoms with E-state index in [0.717, 1.165) is 21.8 Å². The highest BCUT2D eigenvalue weighted by atomic mass is 19.4. The molecule has 0 spiro atoms. The van der Waals surface area contributed by atoms with Gasteiger partial charge in [-0.05, 0) is 58.7 Å². The molecule has 0 radical (unpaired) electrons. The molecule has 3 heterocycles. The van der Waals surface area contributed by atoms with E-state index in [-0.39, 0.29) is 40.0 Å². The van der Waals surface area contributed by atoms with Crippen molar-refractivity contribution in [2.45, 2.75) is 45.0 Å². The van der Waals surface area contributed by atoms with Crippen LogP contribution in [0, 0.1) is 11.3 Å². The van der Waals surface area contributed by atoms with Gasteiger partial charge in [0.1, 0.15) is 11.6 Å². The number of fused-ring (bicyclic) bond motifs is 1. The van der Waals surface area contributed by atoms with Crippen molar-refractivity contribution in [3.8, 4) is 17.3 Å². The minimum absolute atomic E-state index is 0.0279. The lowest BCUT2D eigenvalue weighted by Crippen LogP contribution is -2.25. The van der Waals surface area contributed by atoms with E-state index in [1.165, 1.54) is 30.0 Å². The van der Waals surface area contributed by atoms with E-state index in [9.17, 15) is 44.8 Å². The maximum atomic E-state index is 13.9. The van der Waals surface area contributed by atoms with Gasteiger partial charge < -0.3 is 4.90 Å². The second kappa shape index (κ2) is 11.6. The van der Waals surface area contributed by atoms with Crippen LogP contribution in [0.3, 0.4) is 0 Å². The Hall–Kier alpha value is -5.21. The van der Waals surface area contributed by atoms with Crippen LogP contribution in [0.15, 0.2) is 48.8 Å². The third kappa shape index (κ3) is 6.43. The van der Waals surface area contributed by atoms with Crippen LogP contribution in [0.4, 0.5) is 45.5 Å². The second-order valence-electron chi connectivity index (χ2n) is 10.1. The Bertz CT molecular complexity index is 1920. The summed E-state index contributed by atoms with van der Waals surface area (Å²) in [4.78, 5) is 6.33. The molecule has 3 aromatic heterocycles. The lowest BCUT2D eigenvalue weighted by molar-refractivity contribution is -0.143. The summed E-state index contributed by atoms with van der Waals surface area (Å²) in [6, 6.07) is 5.75. The van der Waals surface area contributed by atoms with Crippen LogP contribution in [0.1, 0.15) is 45.9 Å². The van der Waals surface area contributed by atoms with Gasteiger partial charge in [0, 0.05) is 24.8 Å². The Morgan fingerprint density at radius 3 is 2.02 bits per heavy atom. The Labute approximate surface area is 253 Å². The monoisotopic (exact) mass is 653 g/mol. The quantitative estimate of drug-likeness (QED) is 0.182. The lowest BCUT2D eigenvalue weighted by Gasteiger charge is -2.25. The summed E-state index contributed by atoms with van der Waals surface area (Å²) in [5.41, 5.74) is -3.52. The first-order valence-electron chi connectivity index (χ1n) is 13.2. The van der Waals surface area contributed by atoms with Gasteiger partial charge in [-0.25, -0.2) is 9.50 Å². The largest absolute Gasteiger partial charge is 0.416 e. The number of nitrogens with zero attached hydrogens (tertiary/aromatic N) is 9. The zero-order valence-electron chi connectivity index (χ0n) is 23.7. The molecule has 240 valence electrons. The normalized spacial score (nSPS) is 12.5. The van der Waals surface area contributed by atoms with Gasteiger partial charge in [0.05, 0.1) is 35.6 Å². The van der Waals surface area contributed by atoms with Crippen molar-refractivity contribution in [2.75, 3.05) is 4.90 Å². The summed E-state index contributed by atoms with van der Waals surface area (Å²) in [5.74, 6) is -0.279. The second-order valence-corrected chi connectivity index (χ2v) is 10.1. The molecule has 0 saturated carbocycles. The van der Waals surface area contributed by atoms with Crippen LogP contribution < -0.4 is 4.90 Å². The zero-order chi connectivity index (χ0) is 33.6. The third-order valence-corrected chi connectivity index (χ3v) is 6.95. The number of hydrogen-bond donors (Lipinski definition) is 0. The maximum Gasteiger partial charge on any atom is 0.416 e. The molecule has 2 aromatic carbocycles. The highest BCUT2D eigenvalue weighted by Gasteiger charge is 2.37. The molecule has 0 fully saturated rings. The molecule has 5 aromatic rings. The molecule has 0 aliphatic rings. The van der Waals surface area contributed by atoms with Crippen LogP contribution in [0.25, 0.3) is 16.9 Å². The predicted molar refractivity (Wildman–Crippen MR) is 143 cm³/mol. The molecule has 0 N–H and O–H groups in total. The van der Waals surface area contributed by atoms with Gasteiger partial charge in [0.2, 0.25) is 0 Å². The van der Waals surface area contributed by atoms with Crippen molar-refractivity contribution in [3.05, 3.63) is 87.7 Å². The summed E-state index contributed by atoms with van der Waals surface area (Å²) in [6.45, 7) is 0.551. The maximum absolute atomic E-state index is 13.9. The minimum Gasteiger partial charge on any atom is -0.330 e. The number of rotatable bonds is 7. The number of anilines is 1. The summed E-state index contributed by atoms with van der Waals surface area (Å²) in [7, 11) is 1.35. The highest BCUT2D eigenvalue weighted by molar-refractivity contribution is 5.72. The Morgan fingerprint density at radius 1 is 0.826 bits per heavy atom. The molecular formula is C28H20F9N9. The van der Waals surface area contributed by atoms with Crippen molar-refractivity contribution in [2.24, 2.45) is 7.05 Å². The molecule has 0 aliphatic carbocycles. The van der Waals surface area contributed by atoms with Crippen LogP contribution in [0.2, 0.25) is 0 Å². The molecule has 0 unspecified atom stereocenters. The van der Waals surface area contributed by atoms with Crippen molar-refractivity contribution in [3.63, 3.8) is 0 Å². The first kappa shape index (κ1) is 32.2. The van der Waals surface area contributed by atoms with Crippen molar-refractivity contribution < 1.29 is 39.5 Å². The van der Waals surface area contributed by atoms with Gasteiger partial charge in [0.15, 0.2) is 5.65 Å². The van der Waals surface area contributed by atoms with Crippen molar-refractivity contribution >= 4 is 11.6 Å². The number of halogens is 9. The molecule has 46 heavy (non-hydrogen) atoms. The van der Waals surface area contributed by atoms with Crippen molar-refractivity contribution in [1.29, 1.82) is 5.26 Å². The van der Waals surface area contributed by atoms with Gasteiger partial charge in [-0.1, -0.05) is 18.1 Å². The number of benzene rings is 2. The summed E-state index contributed by atoms with van der Waals surface area (Å²) in [6.07, 6.45) is -12.1. The fourth-order valence-electron chi connectivity index (χ4n) is 4.86. The SMILES string of the molecule is CCc1cnc2c(C#N)cnn2c1-c1ccc(C(F)(F)F)cc1CN(Cc1cc(C(F)(F)F)cc(C(F)(F)F)c1)c1nnn(C)n1. The van der Waals surface area contributed by atoms with Gasteiger partial charge in [-0.2, -0.15) is 54.7 Å². The molecule has 0 bridgehead atoms. The molecular weight excluding hydrogens is 633 g/mol. The third-order valence-electron chi connectivity index (χ3n) is 6.95. The van der Waals surface area contributed by atoms with Crippen LogP contribution in [0.5, 0.6) is 0 Å². The Balaban J connectivity index is 1.71. The van der Waals surface area contributed by atoms with Gasteiger partial charge >= 0.3 is 18.5 Å². The van der Waals surface area contributed by atoms with Crippen molar-refractivity contribution in [1.82, 2.24) is 34.8 Å². The van der Waals surface area contributed by atoms with Crippen LogP contribution >= 0.6 is 0 Å². The number of aromatic nitrogens is 7.